The van der Waals surface area contributed by atoms with E-state index in [-0.39, 0.29) is 24.4 Å². The number of aliphatic hydroxyl groups excluding tert-OH is 1. The SMILES string of the molecule is O=C(O)[C@H]1C2C=CC(C2)[C@H]1CO. The van der Waals surface area contributed by atoms with Crippen molar-refractivity contribution in [2.24, 2.45) is 23.7 Å². The first-order chi connectivity index (χ1) is 5.74. The minimum atomic E-state index is -0.758. The van der Waals surface area contributed by atoms with Crippen LogP contribution in [0.4, 0.5) is 0 Å². The molecular formula is C9H12O3. The van der Waals surface area contributed by atoms with Crippen molar-refractivity contribution in [2.45, 2.75) is 6.42 Å². The fraction of sp³-hybridized carbons (Fsp3) is 0.667. The number of carboxylic acids is 1. The Kier molecular flexibility index (Phi) is 1.68. The van der Waals surface area contributed by atoms with Gasteiger partial charge in [-0.25, -0.2) is 0 Å². The smallest absolute Gasteiger partial charge is 0.307 e. The number of fused-ring (bicyclic) bond motifs is 2. The molecule has 3 nitrogen and oxygen atoms in total. The molecule has 0 saturated heterocycles. The normalized spacial score (nSPS) is 43.8. The Bertz CT molecular complexity index is 234. The quantitative estimate of drug-likeness (QED) is 0.590. The van der Waals surface area contributed by atoms with Crippen LogP contribution in [0.3, 0.4) is 0 Å². The molecule has 0 aromatic rings. The van der Waals surface area contributed by atoms with Gasteiger partial charge in [-0.1, -0.05) is 12.2 Å². The molecule has 4 atom stereocenters. The van der Waals surface area contributed by atoms with E-state index in [1.807, 2.05) is 12.2 Å². The number of rotatable bonds is 2. The molecule has 1 fully saturated rings. The van der Waals surface area contributed by atoms with Crippen LogP contribution < -0.4 is 0 Å². The zero-order chi connectivity index (χ0) is 8.72. The van der Waals surface area contributed by atoms with Crippen LogP contribution in [0.25, 0.3) is 0 Å². The summed E-state index contributed by atoms with van der Waals surface area (Å²) in [5.41, 5.74) is 0. The number of allylic oxidation sites excluding steroid dienone is 2. The first-order valence-electron chi connectivity index (χ1n) is 4.26. The van der Waals surface area contributed by atoms with Crippen LogP contribution in [0.15, 0.2) is 12.2 Å². The van der Waals surface area contributed by atoms with E-state index < -0.39 is 5.97 Å². The largest absolute Gasteiger partial charge is 0.481 e. The summed E-state index contributed by atoms with van der Waals surface area (Å²) < 4.78 is 0. The molecule has 2 bridgehead atoms. The molecule has 66 valence electrons. The van der Waals surface area contributed by atoms with Crippen molar-refractivity contribution in [3.8, 4) is 0 Å². The first-order valence-corrected chi connectivity index (χ1v) is 4.26. The lowest BCUT2D eigenvalue weighted by molar-refractivity contribution is -0.144. The number of aliphatic hydroxyl groups is 1. The summed E-state index contributed by atoms with van der Waals surface area (Å²) in [6.45, 7) is 0.00245. The first kappa shape index (κ1) is 7.80. The molecule has 0 aromatic heterocycles. The van der Waals surface area contributed by atoms with E-state index in [1.165, 1.54) is 0 Å². The van der Waals surface area contributed by atoms with Crippen molar-refractivity contribution in [1.29, 1.82) is 0 Å². The molecule has 0 spiro atoms. The topological polar surface area (TPSA) is 57.5 Å². The minimum Gasteiger partial charge on any atom is -0.481 e. The van der Waals surface area contributed by atoms with E-state index in [2.05, 4.69) is 0 Å². The summed E-state index contributed by atoms with van der Waals surface area (Å²) in [5.74, 6) is -0.667. The van der Waals surface area contributed by atoms with Gasteiger partial charge < -0.3 is 10.2 Å². The number of hydrogen-bond donors (Lipinski definition) is 2. The highest BCUT2D eigenvalue weighted by Gasteiger charge is 2.47. The van der Waals surface area contributed by atoms with Crippen LogP contribution in [-0.4, -0.2) is 22.8 Å². The highest BCUT2D eigenvalue weighted by Crippen LogP contribution is 2.47. The molecular weight excluding hydrogens is 156 g/mol. The third kappa shape index (κ3) is 0.894. The highest BCUT2D eigenvalue weighted by molar-refractivity contribution is 5.72. The standard InChI is InChI=1S/C9H12O3/c10-4-7-5-1-2-6(3-5)8(7)9(11)12/h1-2,5-8,10H,3-4H2,(H,11,12)/t5?,6?,7-,8+/m1/s1. The number of carboxylic acid groups (broad SMARTS) is 1. The highest BCUT2D eigenvalue weighted by atomic mass is 16.4. The molecule has 0 aromatic carbocycles. The van der Waals surface area contributed by atoms with Gasteiger partial charge >= 0.3 is 5.97 Å². The Morgan fingerprint density at radius 1 is 1.42 bits per heavy atom. The summed E-state index contributed by atoms with van der Waals surface area (Å²) >= 11 is 0. The van der Waals surface area contributed by atoms with Crippen LogP contribution in [0, 0.1) is 23.7 Å². The molecule has 0 aliphatic heterocycles. The maximum Gasteiger partial charge on any atom is 0.307 e. The Morgan fingerprint density at radius 2 is 2.08 bits per heavy atom. The molecule has 2 N–H and O–H groups in total. The van der Waals surface area contributed by atoms with Crippen molar-refractivity contribution in [1.82, 2.24) is 0 Å². The summed E-state index contributed by atoms with van der Waals surface area (Å²) in [6.07, 6.45) is 4.95. The van der Waals surface area contributed by atoms with Crippen LogP contribution in [-0.2, 0) is 4.79 Å². The number of carbonyl (C=O) groups is 1. The van der Waals surface area contributed by atoms with Gasteiger partial charge in [-0.15, -0.1) is 0 Å². The summed E-state index contributed by atoms with van der Waals surface area (Å²) in [7, 11) is 0. The van der Waals surface area contributed by atoms with E-state index in [0.29, 0.717) is 5.92 Å². The molecule has 0 radical (unpaired) electrons. The van der Waals surface area contributed by atoms with Crippen LogP contribution in [0.2, 0.25) is 0 Å². The average molecular weight is 168 g/mol. The van der Waals surface area contributed by atoms with Gasteiger partial charge in [-0.3, -0.25) is 4.79 Å². The molecule has 2 unspecified atom stereocenters. The van der Waals surface area contributed by atoms with Crippen LogP contribution in [0.1, 0.15) is 6.42 Å². The van der Waals surface area contributed by atoms with E-state index >= 15 is 0 Å². The van der Waals surface area contributed by atoms with Crippen molar-refractivity contribution in [3.05, 3.63) is 12.2 Å². The third-order valence-corrected chi connectivity index (χ3v) is 3.12. The lowest BCUT2D eigenvalue weighted by atomic mass is 9.84. The monoisotopic (exact) mass is 168 g/mol. The van der Waals surface area contributed by atoms with Gasteiger partial charge in [0.25, 0.3) is 0 Å². The molecule has 0 heterocycles. The fourth-order valence-electron chi connectivity index (χ4n) is 2.54. The molecule has 2 aliphatic carbocycles. The minimum absolute atomic E-state index is 0.00245. The second-order valence-electron chi connectivity index (χ2n) is 3.66. The number of hydrogen-bond acceptors (Lipinski definition) is 2. The van der Waals surface area contributed by atoms with Gasteiger partial charge in [0.15, 0.2) is 0 Å². The second kappa shape index (κ2) is 2.59. The maximum atomic E-state index is 10.8. The molecule has 12 heavy (non-hydrogen) atoms. The van der Waals surface area contributed by atoms with Crippen LogP contribution in [0.5, 0.6) is 0 Å². The van der Waals surface area contributed by atoms with Gasteiger partial charge in [0.05, 0.1) is 5.92 Å². The maximum absolute atomic E-state index is 10.8. The summed E-state index contributed by atoms with van der Waals surface area (Å²) in [6, 6.07) is 0. The predicted octanol–water partition coefficient (Wildman–Crippen LogP) is 0.502. The lowest BCUT2D eigenvalue weighted by Gasteiger charge is -2.22. The Hall–Kier alpha value is -0.830. The van der Waals surface area contributed by atoms with E-state index in [4.69, 9.17) is 10.2 Å². The van der Waals surface area contributed by atoms with Crippen molar-refractivity contribution >= 4 is 5.97 Å². The zero-order valence-electron chi connectivity index (χ0n) is 6.68. The molecule has 2 aliphatic rings. The van der Waals surface area contributed by atoms with Crippen molar-refractivity contribution in [2.75, 3.05) is 6.61 Å². The molecule has 2 rings (SSSR count). The fourth-order valence-corrected chi connectivity index (χ4v) is 2.54. The molecule has 1 saturated carbocycles. The third-order valence-electron chi connectivity index (χ3n) is 3.12. The second-order valence-corrected chi connectivity index (χ2v) is 3.66. The zero-order valence-corrected chi connectivity index (χ0v) is 6.68. The van der Waals surface area contributed by atoms with Crippen LogP contribution >= 0.6 is 0 Å². The van der Waals surface area contributed by atoms with Gasteiger partial charge in [0.2, 0.25) is 0 Å². The van der Waals surface area contributed by atoms with E-state index in [1.54, 1.807) is 0 Å². The van der Waals surface area contributed by atoms with Crippen molar-refractivity contribution < 1.29 is 15.0 Å². The molecule has 3 heteroatoms. The Morgan fingerprint density at radius 3 is 2.58 bits per heavy atom. The van der Waals surface area contributed by atoms with Crippen molar-refractivity contribution in [3.63, 3.8) is 0 Å². The lowest BCUT2D eigenvalue weighted by Crippen LogP contribution is -2.29. The van der Waals surface area contributed by atoms with E-state index in [9.17, 15) is 4.79 Å². The Balaban J connectivity index is 2.23. The molecule has 0 amide bonds. The number of aliphatic carboxylic acids is 1. The van der Waals surface area contributed by atoms with E-state index in [0.717, 1.165) is 6.42 Å². The average Bonchev–Trinajstić information content (AvgIpc) is 2.60. The Labute approximate surface area is 70.7 Å². The van der Waals surface area contributed by atoms with Gasteiger partial charge in [0, 0.05) is 12.5 Å². The predicted molar refractivity (Wildman–Crippen MR) is 42.4 cm³/mol. The summed E-state index contributed by atoms with van der Waals surface area (Å²) in [5, 5.41) is 17.9. The van der Waals surface area contributed by atoms with Gasteiger partial charge in [-0.05, 0) is 18.3 Å². The van der Waals surface area contributed by atoms with Gasteiger partial charge in [-0.2, -0.15) is 0 Å². The summed E-state index contributed by atoms with van der Waals surface area (Å²) in [4.78, 5) is 10.8. The van der Waals surface area contributed by atoms with Gasteiger partial charge in [0.1, 0.15) is 0 Å².